The van der Waals surface area contributed by atoms with Crippen LogP contribution >= 0.6 is 0 Å². The number of nitriles is 1. The molecule has 0 heterocycles. The van der Waals surface area contributed by atoms with Crippen molar-refractivity contribution in [3.8, 4) is 22.9 Å². The van der Waals surface area contributed by atoms with Crippen molar-refractivity contribution in [3.63, 3.8) is 0 Å². The van der Waals surface area contributed by atoms with E-state index in [0.29, 0.717) is 17.7 Å². The Balaban J connectivity index is 2.29. The molecule has 0 fully saturated rings. The Bertz CT molecular complexity index is 917. The van der Waals surface area contributed by atoms with E-state index < -0.39 is 5.97 Å². The summed E-state index contributed by atoms with van der Waals surface area (Å²) in [5, 5.41) is 18.9. The van der Waals surface area contributed by atoms with Crippen LogP contribution in [0.1, 0.15) is 16.7 Å². The van der Waals surface area contributed by atoms with Gasteiger partial charge in [0.1, 0.15) is 17.4 Å². The van der Waals surface area contributed by atoms with Gasteiger partial charge in [0, 0.05) is 5.56 Å². The molecule has 3 rings (SSSR count). The Kier molecular flexibility index (Phi) is 4.17. The maximum absolute atomic E-state index is 11.4. The average Bonchev–Trinajstić information content (AvgIpc) is 2.83. The summed E-state index contributed by atoms with van der Waals surface area (Å²) in [4.78, 5) is 11.4. The van der Waals surface area contributed by atoms with E-state index in [1.807, 2.05) is 36.4 Å². The van der Waals surface area contributed by atoms with E-state index in [-0.39, 0.29) is 5.57 Å². The van der Waals surface area contributed by atoms with Gasteiger partial charge in [-0.3, -0.25) is 0 Å². The van der Waals surface area contributed by atoms with Gasteiger partial charge in [0.15, 0.2) is 0 Å². The van der Waals surface area contributed by atoms with Crippen LogP contribution in [0.15, 0.2) is 54.1 Å². The number of benzene rings is 2. The lowest BCUT2D eigenvalue weighted by Gasteiger charge is -2.14. The molecule has 0 amide bonds. The van der Waals surface area contributed by atoms with E-state index in [9.17, 15) is 15.2 Å². The predicted molar refractivity (Wildman–Crippen MR) is 91.6 cm³/mol. The predicted octanol–water partition coefficient (Wildman–Crippen LogP) is 3.81. The van der Waals surface area contributed by atoms with Gasteiger partial charge in [-0.05, 0) is 35.3 Å². The van der Waals surface area contributed by atoms with Gasteiger partial charge in [-0.25, -0.2) is 4.79 Å². The lowest BCUT2D eigenvalue weighted by atomic mass is 9.91. The van der Waals surface area contributed by atoms with Crippen LogP contribution in [-0.4, -0.2) is 18.2 Å². The number of fused-ring (bicyclic) bond motifs is 1. The number of carboxylic acid groups (broad SMARTS) is 1. The topological polar surface area (TPSA) is 70.3 Å². The van der Waals surface area contributed by atoms with Gasteiger partial charge >= 0.3 is 5.97 Å². The molecule has 0 aliphatic heterocycles. The number of nitrogens with zero attached hydrogens (tertiary/aromatic N) is 1. The van der Waals surface area contributed by atoms with Gasteiger partial charge in [-0.2, -0.15) is 5.26 Å². The number of hydrogen-bond donors (Lipinski definition) is 1. The zero-order valence-corrected chi connectivity index (χ0v) is 13.1. The third kappa shape index (κ3) is 2.68. The molecule has 1 aliphatic rings. The first-order valence-electron chi connectivity index (χ1n) is 7.46. The third-order valence-electron chi connectivity index (χ3n) is 4.03. The standard InChI is InChI=1S/C20H15NO3/c1-24-19-10-4-9-16(18(19)12-21)15-8-3-6-13-5-2-7-14(20(22)23)11-17(13)15/h2-4,6-11H,5H2,1H3,(H,22,23). The van der Waals surface area contributed by atoms with Crippen LogP contribution in [0.2, 0.25) is 0 Å². The molecule has 118 valence electrons. The molecule has 2 aromatic carbocycles. The molecule has 0 saturated heterocycles. The second-order valence-corrected chi connectivity index (χ2v) is 5.38. The number of rotatable bonds is 3. The van der Waals surface area contributed by atoms with Crippen LogP contribution in [0.4, 0.5) is 0 Å². The van der Waals surface area contributed by atoms with Crippen LogP contribution in [0.25, 0.3) is 17.2 Å². The Labute approximate surface area is 139 Å². The van der Waals surface area contributed by atoms with Gasteiger partial charge in [0.25, 0.3) is 0 Å². The number of methoxy groups -OCH3 is 1. The molecule has 0 aromatic heterocycles. The number of hydrogen-bond acceptors (Lipinski definition) is 3. The van der Waals surface area contributed by atoms with Crippen LogP contribution in [0, 0.1) is 11.3 Å². The van der Waals surface area contributed by atoms with E-state index >= 15 is 0 Å². The maximum Gasteiger partial charge on any atom is 0.335 e. The molecule has 0 atom stereocenters. The van der Waals surface area contributed by atoms with Crippen LogP contribution in [0.3, 0.4) is 0 Å². The molecule has 24 heavy (non-hydrogen) atoms. The van der Waals surface area contributed by atoms with Gasteiger partial charge in [0.2, 0.25) is 0 Å². The Morgan fingerprint density at radius 2 is 1.96 bits per heavy atom. The van der Waals surface area contributed by atoms with Gasteiger partial charge in [0.05, 0.1) is 12.7 Å². The van der Waals surface area contributed by atoms with Gasteiger partial charge in [-0.15, -0.1) is 0 Å². The minimum Gasteiger partial charge on any atom is -0.495 e. The lowest BCUT2D eigenvalue weighted by molar-refractivity contribution is -0.132. The van der Waals surface area contributed by atoms with Crippen LogP contribution in [0.5, 0.6) is 5.75 Å². The average molecular weight is 317 g/mol. The van der Waals surface area contributed by atoms with Crippen molar-refractivity contribution in [3.05, 3.63) is 70.8 Å². The van der Waals surface area contributed by atoms with E-state index in [0.717, 1.165) is 22.3 Å². The summed E-state index contributed by atoms with van der Waals surface area (Å²) in [6.45, 7) is 0. The number of carbonyl (C=O) groups is 1. The SMILES string of the molecule is COc1cccc(-c2cccc3c2C=C(C(=O)O)C=CC3)c1C#N. The molecule has 2 aromatic rings. The summed E-state index contributed by atoms with van der Waals surface area (Å²) in [6, 6.07) is 13.4. The highest BCUT2D eigenvalue weighted by Gasteiger charge is 2.17. The minimum absolute atomic E-state index is 0.225. The summed E-state index contributed by atoms with van der Waals surface area (Å²) < 4.78 is 5.28. The lowest BCUT2D eigenvalue weighted by Crippen LogP contribution is -1.98. The summed E-state index contributed by atoms with van der Waals surface area (Å²) >= 11 is 0. The number of aliphatic carboxylic acids is 1. The molecule has 4 nitrogen and oxygen atoms in total. The maximum atomic E-state index is 11.4. The Morgan fingerprint density at radius 3 is 2.67 bits per heavy atom. The first kappa shape index (κ1) is 15.6. The zero-order valence-electron chi connectivity index (χ0n) is 13.1. The van der Waals surface area contributed by atoms with Crippen molar-refractivity contribution in [2.75, 3.05) is 7.11 Å². The number of carboxylic acids is 1. The van der Waals surface area contributed by atoms with Crippen LogP contribution < -0.4 is 4.74 Å². The monoisotopic (exact) mass is 317 g/mol. The zero-order chi connectivity index (χ0) is 17.1. The van der Waals surface area contributed by atoms with Crippen molar-refractivity contribution in [1.82, 2.24) is 0 Å². The van der Waals surface area contributed by atoms with Crippen LogP contribution in [-0.2, 0) is 11.2 Å². The van der Waals surface area contributed by atoms with E-state index in [2.05, 4.69) is 6.07 Å². The fourth-order valence-electron chi connectivity index (χ4n) is 2.89. The summed E-state index contributed by atoms with van der Waals surface area (Å²) in [7, 11) is 1.53. The van der Waals surface area contributed by atoms with E-state index in [4.69, 9.17) is 4.74 Å². The van der Waals surface area contributed by atoms with E-state index in [1.54, 1.807) is 18.2 Å². The molecule has 0 unspecified atom stereocenters. The Hall–Kier alpha value is -3.32. The van der Waals surface area contributed by atoms with Crippen molar-refractivity contribution >= 4 is 12.0 Å². The van der Waals surface area contributed by atoms with Crippen molar-refractivity contribution < 1.29 is 14.6 Å². The van der Waals surface area contributed by atoms with Gasteiger partial charge < -0.3 is 9.84 Å². The fourth-order valence-corrected chi connectivity index (χ4v) is 2.89. The Morgan fingerprint density at radius 1 is 1.21 bits per heavy atom. The van der Waals surface area contributed by atoms with Crippen molar-refractivity contribution in [1.29, 1.82) is 5.26 Å². The molecule has 1 N–H and O–H groups in total. The highest BCUT2D eigenvalue weighted by molar-refractivity contribution is 5.98. The highest BCUT2D eigenvalue weighted by Crippen LogP contribution is 2.35. The summed E-state index contributed by atoms with van der Waals surface area (Å²) in [5.41, 5.74) is 4.07. The quantitative estimate of drug-likeness (QED) is 0.934. The van der Waals surface area contributed by atoms with E-state index in [1.165, 1.54) is 7.11 Å². The smallest absolute Gasteiger partial charge is 0.335 e. The summed E-state index contributed by atoms with van der Waals surface area (Å²) in [5.74, 6) is -0.471. The molecule has 0 bridgehead atoms. The second kappa shape index (κ2) is 6.43. The molecular weight excluding hydrogens is 302 g/mol. The first-order valence-corrected chi connectivity index (χ1v) is 7.46. The molecule has 0 saturated carbocycles. The number of ether oxygens (including phenoxy) is 1. The fraction of sp³-hybridized carbons (Fsp3) is 0.100. The van der Waals surface area contributed by atoms with Crippen molar-refractivity contribution in [2.45, 2.75) is 6.42 Å². The number of allylic oxidation sites excluding steroid dienone is 1. The first-order chi connectivity index (χ1) is 11.7. The summed E-state index contributed by atoms with van der Waals surface area (Å²) in [6.07, 6.45) is 5.76. The molecule has 0 spiro atoms. The van der Waals surface area contributed by atoms with Crippen molar-refractivity contribution in [2.24, 2.45) is 0 Å². The molecule has 1 aliphatic carbocycles. The largest absolute Gasteiger partial charge is 0.495 e. The minimum atomic E-state index is -0.972. The second-order valence-electron chi connectivity index (χ2n) is 5.38. The highest BCUT2D eigenvalue weighted by atomic mass is 16.5. The third-order valence-corrected chi connectivity index (χ3v) is 4.03. The molecule has 0 radical (unpaired) electrons. The molecule has 4 heteroatoms. The molecular formula is C20H15NO3. The van der Waals surface area contributed by atoms with Gasteiger partial charge in [-0.1, -0.05) is 42.5 Å². The normalized spacial score (nSPS) is 12.6.